The van der Waals surface area contributed by atoms with Gasteiger partial charge in [-0.3, -0.25) is 9.59 Å². The van der Waals surface area contributed by atoms with Crippen LogP contribution in [0.5, 0.6) is 11.5 Å². The van der Waals surface area contributed by atoms with Gasteiger partial charge in [0.05, 0.1) is 5.39 Å². The Morgan fingerprint density at radius 1 is 1.00 bits per heavy atom. The topological polar surface area (TPSA) is 77.7 Å². The SMILES string of the molecule is O=C1[C@@H]2O[C@@H]2C2(Oc3cccc4cccc(c34)O2)[C@@]23O[C@@]12CCCC3=O. The molecule has 0 bridgehead atoms. The lowest BCUT2D eigenvalue weighted by Gasteiger charge is -2.44. The van der Waals surface area contributed by atoms with E-state index in [0.717, 1.165) is 10.8 Å². The monoisotopic (exact) mass is 350 g/mol. The standard InChI is InChI=1S/C20H14O6/c21-13-8-3-9-18-16(22)15-17(23-15)20(19(13,18)26-18)24-11-6-1-4-10-5-2-7-12(25-20)14(10)11/h1-2,4-7,15,17H,3,8-9H2/t15-,17-,18-,19-/m0/s1. The molecule has 0 amide bonds. The molecule has 0 N–H and O–H groups in total. The van der Waals surface area contributed by atoms with Gasteiger partial charge in [0.15, 0.2) is 29.4 Å². The first kappa shape index (κ1) is 13.7. The highest BCUT2D eigenvalue weighted by Gasteiger charge is 2.98. The maximum absolute atomic E-state index is 13.0. The number of epoxide rings is 2. The summed E-state index contributed by atoms with van der Waals surface area (Å²) in [5.41, 5.74) is -2.55. The third-order valence-corrected chi connectivity index (χ3v) is 6.54. The van der Waals surface area contributed by atoms with Crippen molar-refractivity contribution in [3.8, 4) is 11.5 Å². The average Bonchev–Trinajstić information content (AvgIpc) is 3.54. The fourth-order valence-electron chi connectivity index (χ4n) is 5.39. The van der Waals surface area contributed by atoms with Gasteiger partial charge in [-0.25, -0.2) is 0 Å². The Bertz CT molecular complexity index is 1020. The maximum Gasteiger partial charge on any atom is 0.320 e. The maximum atomic E-state index is 13.0. The second kappa shape index (κ2) is 3.80. The molecular weight excluding hydrogens is 336 g/mol. The normalized spacial score (nSPS) is 40.2. The lowest BCUT2D eigenvalue weighted by atomic mass is 9.66. The van der Waals surface area contributed by atoms with Crippen molar-refractivity contribution in [3.05, 3.63) is 36.4 Å². The van der Waals surface area contributed by atoms with E-state index in [0.29, 0.717) is 30.8 Å². The molecule has 3 aliphatic heterocycles. The van der Waals surface area contributed by atoms with Crippen molar-refractivity contribution in [2.24, 2.45) is 0 Å². The smallest absolute Gasteiger partial charge is 0.320 e. The minimum absolute atomic E-state index is 0.127. The van der Waals surface area contributed by atoms with Gasteiger partial charge in [-0.2, -0.15) is 0 Å². The molecule has 0 aromatic heterocycles. The number of hydrogen-bond donors (Lipinski definition) is 0. The van der Waals surface area contributed by atoms with Crippen molar-refractivity contribution >= 4 is 22.3 Å². The van der Waals surface area contributed by atoms with Gasteiger partial charge in [-0.15, -0.1) is 0 Å². The summed E-state index contributed by atoms with van der Waals surface area (Å²) in [6.45, 7) is 0. The molecule has 3 heterocycles. The number of fused-ring (bicyclic) bond motifs is 2. The summed E-state index contributed by atoms with van der Waals surface area (Å²) in [6, 6.07) is 11.5. The van der Waals surface area contributed by atoms with Gasteiger partial charge in [-0.1, -0.05) is 24.3 Å². The van der Waals surface area contributed by atoms with E-state index in [2.05, 4.69) is 0 Å². The van der Waals surface area contributed by atoms with Gasteiger partial charge in [-0.05, 0) is 30.4 Å². The number of ketones is 2. The van der Waals surface area contributed by atoms with Crippen molar-refractivity contribution in [1.29, 1.82) is 0 Å². The molecule has 0 radical (unpaired) electrons. The van der Waals surface area contributed by atoms with Gasteiger partial charge in [0.2, 0.25) is 5.60 Å². The molecule has 2 saturated carbocycles. The Kier molecular flexibility index (Phi) is 2.00. The average molecular weight is 350 g/mol. The summed E-state index contributed by atoms with van der Waals surface area (Å²) in [7, 11) is 0. The van der Waals surface area contributed by atoms with Gasteiger partial charge in [0.1, 0.15) is 11.5 Å². The van der Waals surface area contributed by atoms with Crippen LogP contribution in [0.1, 0.15) is 19.3 Å². The predicted molar refractivity (Wildman–Crippen MR) is 87.0 cm³/mol. The van der Waals surface area contributed by atoms with Crippen molar-refractivity contribution in [1.82, 2.24) is 0 Å². The van der Waals surface area contributed by atoms with E-state index in [1.165, 1.54) is 0 Å². The van der Waals surface area contributed by atoms with Crippen LogP contribution in [0.4, 0.5) is 0 Å². The van der Waals surface area contributed by atoms with Crippen molar-refractivity contribution < 1.29 is 28.5 Å². The van der Waals surface area contributed by atoms with E-state index in [1.54, 1.807) is 0 Å². The van der Waals surface area contributed by atoms with E-state index >= 15 is 0 Å². The molecule has 2 aromatic carbocycles. The predicted octanol–water partition coefficient (Wildman–Crippen LogP) is 1.92. The first-order valence-corrected chi connectivity index (χ1v) is 8.96. The first-order chi connectivity index (χ1) is 12.6. The minimum atomic E-state index is -1.44. The Hall–Kier alpha value is -2.44. The fourth-order valence-corrected chi connectivity index (χ4v) is 5.39. The zero-order valence-electron chi connectivity index (χ0n) is 13.7. The third kappa shape index (κ3) is 1.16. The summed E-state index contributed by atoms with van der Waals surface area (Å²) in [4.78, 5) is 25.9. The lowest BCUT2D eigenvalue weighted by molar-refractivity contribution is -0.192. The van der Waals surface area contributed by atoms with Gasteiger partial charge in [0.25, 0.3) is 0 Å². The number of hydrogen-bond acceptors (Lipinski definition) is 6. The molecule has 6 nitrogen and oxygen atoms in total. The summed E-state index contributed by atoms with van der Waals surface area (Å²) in [6.07, 6.45) is 0.237. The Balaban J connectivity index is 1.50. The van der Waals surface area contributed by atoms with E-state index < -0.39 is 29.2 Å². The van der Waals surface area contributed by atoms with E-state index in [4.69, 9.17) is 18.9 Å². The highest BCUT2D eigenvalue weighted by molar-refractivity contribution is 6.11. The molecule has 26 heavy (non-hydrogen) atoms. The quantitative estimate of drug-likeness (QED) is 0.676. The largest absolute Gasteiger partial charge is 0.446 e. The van der Waals surface area contributed by atoms with Crippen LogP contribution in [0.25, 0.3) is 10.8 Å². The summed E-state index contributed by atoms with van der Waals surface area (Å²) in [5.74, 6) is -0.440. The minimum Gasteiger partial charge on any atom is -0.446 e. The van der Waals surface area contributed by atoms with E-state index in [9.17, 15) is 9.59 Å². The van der Waals surface area contributed by atoms with Crippen molar-refractivity contribution in [2.45, 2.75) is 48.5 Å². The Morgan fingerprint density at radius 3 is 2.46 bits per heavy atom. The van der Waals surface area contributed by atoms with Gasteiger partial charge >= 0.3 is 5.79 Å². The van der Waals surface area contributed by atoms with Crippen LogP contribution >= 0.6 is 0 Å². The van der Waals surface area contributed by atoms with Crippen LogP contribution < -0.4 is 9.47 Å². The number of carbonyl (C=O) groups is 2. The molecule has 1 spiro atoms. The number of rotatable bonds is 0. The fraction of sp³-hybridized carbons (Fsp3) is 0.400. The number of ether oxygens (including phenoxy) is 4. The van der Waals surface area contributed by atoms with E-state index in [-0.39, 0.29) is 11.6 Å². The third-order valence-electron chi connectivity index (χ3n) is 6.54. The van der Waals surface area contributed by atoms with Crippen LogP contribution in [-0.4, -0.2) is 40.8 Å². The van der Waals surface area contributed by atoms with Crippen LogP contribution in [0, 0.1) is 0 Å². The molecular formula is C20H14O6. The molecule has 4 fully saturated rings. The Labute approximate surface area is 148 Å². The number of benzene rings is 2. The highest BCUT2D eigenvalue weighted by Crippen LogP contribution is 2.71. The molecule has 7 rings (SSSR count). The first-order valence-electron chi connectivity index (χ1n) is 8.96. The summed E-state index contributed by atoms with van der Waals surface area (Å²) >= 11 is 0. The molecule has 130 valence electrons. The number of carbonyl (C=O) groups excluding carboxylic acids is 2. The molecule has 2 aliphatic carbocycles. The second-order valence-corrected chi connectivity index (χ2v) is 7.71. The molecule has 4 atom stereocenters. The van der Waals surface area contributed by atoms with Gasteiger partial charge in [0, 0.05) is 6.42 Å². The zero-order valence-corrected chi connectivity index (χ0v) is 13.7. The van der Waals surface area contributed by atoms with Crippen molar-refractivity contribution in [3.63, 3.8) is 0 Å². The van der Waals surface area contributed by atoms with Crippen molar-refractivity contribution in [2.75, 3.05) is 0 Å². The van der Waals surface area contributed by atoms with Crippen LogP contribution in [-0.2, 0) is 19.1 Å². The summed E-state index contributed by atoms with van der Waals surface area (Å²) in [5, 5.41) is 1.85. The Morgan fingerprint density at radius 2 is 1.73 bits per heavy atom. The highest BCUT2D eigenvalue weighted by atomic mass is 16.8. The van der Waals surface area contributed by atoms with Crippen LogP contribution in [0.3, 0.4) is 0 Å². The van der Waals surface area contributed by atoms with Crippen LogP contribution in [0.15, 0.2) is 36.4 Å². The molecule has 5 aliphatic rings. The molecule has 2 aromatic rings. The molecule has 0 unspecified atom stereocenters. The lowest BCUT2D eigenvalue weighted by Crippen LogP contribution is -2.71. The second-order valence-electron chi connectivity index (χ2n) is 7.71. The van der Waals surface area contributed by atoms with E-state index in [1.807, 2.05) is 36.4 Å². The van der Waals surface area contributed by atoms with Gasteiger partial charge < -0.3 is 18.9 Å². The number of Topliss-reactive ketones (excluding diaryl/α,β-unsaturated/α-hetero) is 2. The van der Waals surface area contributed by atoms with Crippen LogP contribution in [0.2, 0.25) is 0 Å². The summed E-state index contributed by atoms with van der Waals surface area (Å²) < 4.78 is 24.4. The zero-order chi connectivity index (χ0) is 17.3. The molecule has 6 heteroatoms. The molecule has 2 saturated heterocycles.